The van der Waals surface area contributed by atoms with E-state index in [1.807, 2.05) is 36.4 Å². The molecule has 2 aliphatic rings. The van der Waals surface area contributed by atoms with Crippen molar-refractivity contribution in [2.45, 2.75) is 11.4 Å². The van der Waals surface area contributed by atoms with Crippen LogP contribution in [0.1, 0.15) is 15.9 Å². The summed E-state index contributed by atoms with van der Waals surface area (Å²) in [6.07, 6.45) is 0. The van der Waals surface area contributed by atoms with Crippen LogP contribution in [0.4, 0.5) is 11.4 Å². The summed E-state index contributed by atoms with van der Waals surface area (Å²) in [7, 11) is 0. The smallest absolute Gasteiger partial charge is 0.253 e. The van der Waals surface area contributed by atoms with Crippen LogP contribution in [0, 0.1) is 0 Å². The van der Waals surface area contributed by atoms with Crippen molar-refractivity contribution in [2.24, 2.45) is 0 Å². The van der Waals surface area contributed by atoms with Crippen molar-refractivity contribution in [3.05, 3.63) is 77.9 Å². The third kappa shape index (κ3) is 4.55. The summed E-state index contributed by atoms with van der Waals surface area (Å²) >= 11 is 1.46. The Morgan fingerprint density at radius 1 is 0.971 bits per heavy atom. The van der Waals surface area contributed by atoms with Gasteiger partial charge in [0.1, 0.15) is 6.54 Å². The molecular formula is C25H21N3O5S. The van der Waals surface area contributed by atoms with Crippen LogP contribution in [0.3, 0.4) is 0 Å². The maximum absolute atomic E-state index is 12.9. The maximum atomic E-state index is 12.9. The molecule has 0 saturated heterocycles. The number of carbonyl (C=O) groups is 3. The van der Waals surface area contributed by atoms with Gasteiger partial charge in [-0.25, -0.2) is 0 Å². The van der Waals surface area contributed by atoms with Gasteiger partial charge in [-0.05, 0) is 42.0 Å². The van der Waals surface area contributed by atoms with Crippen molar-refractivity contribution in [1.29, 1.82) is 0 Å². The fraction of sp³-hybridized carbons (Fsp3) is 0.160. The van der Waals surface area contributed by atoms with Gasteiger partial charge in [0.2, 0.25) is 18.6 Å². The number of hydrogen-bond donors (Lipinski definition) is 2. The monoisotopic (exact) mass is 475 g/mol. The quantitative estimate of drug-likeness (QED) is 0.567. The molecule has 2 heterocycles. The van der Waals surface area contributed by atoms with E-state index in [4.69, 9.17) is 9.47 Å². The number of anilines is 2. The van der Waals surface area contributed by atoms with E-state index in [-0.39, 0.29) is 43.4 Å². The first kappa shape index (κ1) is 21.8. The number of amides is 3. The molecule has 172 valence electrons. The summed E-state index contributed by atoms with van der Waals surface area (Å²) in [4.78, 5) is 40.6. The molecule has 0 bridgehead atoms. The van der Waals surface area contributed by atoms with Crippen LogP contribution in [-0.2, 0) is 16.1 Å². The number of hydrogen-bond acceptors (Lipinski definition) is 6. The van der Waals surface area contributed by atoms with Gasteiger partial charge >= 0.3 is 0 Å². The van der Waals surface area contributed by atoms with E-state index in [1.54, 1.807) is 30.3 Å². The molecular weight excluding hydrogens is 454 g/mol. The summed E-state index contributed by atoms with van der Waals surface area (Å²) in [6, 6.07) is 19.7. The first-order valence-corrected chi connectivity index (χ1v) is 11.6. The molecule has 8 nitrogen and oxygen atoms in total. The van der Waals surface area contributed by atoms with E-state index in [0.29, 0.717) is 28.4 Å². The van der Waals surface area contributed by atoms with E-state index in [1.165, 1.54) is 16.7 Å². The van der Waals surface area contributed by atoms with Gasteiger partial charge in [-0.15, -0.1) is 11.8 Å². The van der Waals surface area contributed by atoms with Crippen molar-refractivity contribution < 1.29 is 23.9 Å². The average molecular weight is 476 g/mol. The minimum atomic E-state index is -0.383. The van der Waals surface area contributed by atoms with Gasteiger partial charge in [0, 0.05) is 11.4 Å². The minimum Gasteiger partial charge on any atom is -0.454 e. The van der Waals surface area contributed by atoms with Crippen molar-refractivity contribution >= 4 is 40.9 Å². The molecule has 2 aliphatic heterocycles. The average Bonchev–Trinajstić information content (AvgIpc) is 3.33. The molecule has 3 amide bonds. The molecule has 0 unspecified atom stereocenters. The van der Waals surface area contributed by atoms with Crippen LogP contribution < -0.4 is 25.0 Å². The van der Waals surface area contributed by atoms with Crippen LogP contribution in [-0.4, -0.2) is 36.8 Å². The van der Waals surface area contributed by atoms with Crippen molar-refractivity contribution in [1.82, 2.24) is 5.32 Å². The third-order valence-corrected chi connectivity index (χ3v) is 6.49. The second-order valence-electron chi connectivity index (χ2n) is 7.70. The first-order chi connectivity index (χ1) is 16.6. The van der Waals surface area contributed by atoms with E-state index < -0.39 is 0 Å². The largest absolute Gasteiger partial charge is 0.454 e. The topological polar surface area (TPSA) is 97.0 Å². The van der Waals surface area contributed by atoms with Gasteiger partial charge in [0.05, 0.1) is 22.7 Å². The molecule has 5 rings (SSSR count). The van der Waals surface area contributed by atoms with Crippen molar-refractivity contribution in [3.8, 4) is 11.5 Å². The summed E-state index contributed by atoms with van der Waals surface area (Å²) < 4.78 is 10.7. The zero-order valence-corrected chi connectivity index (χ0v) is 18.9. The Kier molecular flexibility index (Phi) is 6.09. The van der Waals surface area contributed by atoms with Crippen LogP contribution >= 0.6 is 11.8 Å². The number of ether oxygens (including phenoxy) is 2. The molecule has 2 N–H and O–H groups in total. The van der Waals surface area contributed by atoms with Crippen LogP contribution in [0.15, 0.2) is 71.6 Å². The Bertz CT molecular complexity index is 1280. The Morgan fingerprint density at radius 2 is 1.76 bits per heavy atom. The number of fused-ring (bicyclic) bond motifs is 2. The second kappa shape index (κ2) is 9.48. The highest BCUT2D eigenvalue weighted by Crippen LogP contribution is 2.35. The lowest BCUT2D eigenvalue weighted by molar-refractivity contribution is -0.120. The van der Waals surface area contributed by atoms with Crippen molar-refractivity contribution in [3.63, 3.8) is 0 Å². The predicted octanol–water partition coefficient (Wildman–Crippen LogP) is 3.42. The highest BCUT2D eigenvalue weighted by molar-refractivity contribution is 8.00. The Hall–Kier alpha value is -3.98. The number of benzene rings is 3. The number of nitrogens with one attached hydrogen (secondary N) is 2. The van der Waals surface area contributed by atoms with Crippen LogP contribution in [0.25, 0.3) is 0 Å². The van der Waals surface area contributed by atoms with Gasteiger partial charge < -0.3 is 25.0 Å². The third-order valence-electron chi connectivity index (χ3n) is 5.45. The zero-order valence-electron chi connectivity index (χ0n) is 18.1. The predicted molar refractivity (Wildman–Crippen MR) is 128 cm³/mol. The Morgan fingerprint density at radius 3 is 2.68 bits per heavy atom. The summed E-state index contributed by atoms with van der Waals surface area (Å²) in [5, 5.41) is 5.65. The second-order valence-corrected chi connectivity index (χ2v) is 8.72. The van der Waals surface area contributed by atoms with E-state index >= 15 is 0 Å². The van der Waals surface area contributed by atoms with Gasteiger partial charge in [-0.2, -0.15) is 0 Å². The number of nitrogens with zero attached hydrogens (tertiary/aromatic N) is 1. The maximum Gasteiger partial charge on any atom is 0.253 e. The van der Waals surface area contributed by atoms with Crippen LogP contribution in [0.2, 0.25) is 0 Å². The normalized spacial score (nSPS) is 13.9. The number of rotatable bonds is 6. The first-order valence-electron chi connectivity index (χ1n) is 10.7. The molecule has 0 atom stereocenters. The number of carbonyl (C=O) groups excluding carboxylic acids is 3. The molecule has 0 aliphatic carbocycles. The highest BCUT2D eigenvalue weighted by Gasteiger charge is 2.26. The molecule has 0 aromatic heterocycles. The number of thioether (sulfide) groups is 1. The van der Waals surface area contributed by atoms with Gasteiger partial charge in [0.25, 0.3) is 5.91 Å². The minimum absolute atomic E-state index is 0.131. The molecule has 3 aromatic carbocycles. The van der Waals surface area contributed by atoms with Gasteiger partial charge in [-0.3, -0.25) is 14.4 Å². The van der Waals surface area contributed by atoms with Gasteiger partial charge in [-0.1, -0.05) is 30.3 Å². The number of para-hydroxylation sites is 2. The summed E-state index contributed by atoms with van der Waals surface area (Å²) in [5.74, 6) is 0.760. The Labute approximate surface area is 200 Å². The highest BCUT2D eigenvalue weighted by atomic mass is 32.2. The van der Waals surface area contributed by atoms with E-state index in [9.17, 15) is 14.4 Å². The lowest BCUT2D eigenvalue weighted by Crippen LogP contribution is -2.41. The van der Waals surface area contributed by atoms with Crippen molar-refractivity contribution in [2.75, 3.05) is 29.3 Å². The summed E-state index contributed by atoms with van der Waals surface area (Å²) in [6.45, 7) is 0.337. The van der Waals surface area contributed by atoms with E-state index in [0.717, 1.165) is 10.5 Å². The van der Waals surface area contributed by atoms with E-state index in [2.05, 4.69) is 10.6 Å². The SMILES string of the molecule is O=C(CN1C(=O)CSc2ccccc21)Nc1ccccc1C(=O)NCc1ccc2c(c1)OCO2. The Balaban J connectivity index is 1.25. The molecule has 3 aromatic rings. The fourth-order valence-corrected chi connectivity index (χ4v) is 4.71. The fourth-order valence-electron chi connectivity index (χ4n) is 3.78. The summed E-state index contributed by atoms with van der Waals surface area (Å²) in [5.41, 5.74) is 2.29. The standard InChI is InChI=1S/C25H21N3O5S/c29-23(13-28-19-7-3-4-8-22(19)34-14-24(28)30)27-18-6-2-1-5-17(18)25(31)26-12-16-9-10-20-21(11-16)33-15-32-20/h1-11H,12-15H2,(H,26,31)(H,27,29). The van der Waals surface area contributed by atoms with Crippen LogP contribution in [0.5, 0.6) is 11.5 Å². The lowest BCUT2D eigenvalue weighted by atomic mass is 10.1. The molecule has 9 heteroatoms. The lowest BCUT2D eigenvalue weighted by Gasteiger charge is -2.28. The molecule has 0 fully saturated rings. The zero-order chi connectivity index (χ0) is 23.5. The molecule has 34 heavy (non-hydrogen) atoms. The molecule has 0 radical (unpaired) electrons. The molecule has 0 saturated carbocycles. The molecule has 0 spiro atoms. The van der Waals surface area contributed by atoms with Gasteiger partial charge in [0.15, 0.2) is 11.5 Å².